The molecule has 0 spiro atoms. The predicted molar refractivity (Wildman–Crippen MR) is 82.1 cm³/mol. The maximum atomic E-state index is 13.0. The number of benzene rings is 2. The molecule has 2 rings (SSSR count). The zero-order valence-corrected chi connectivity index (χ0v) is 13.4. The Hall–Kier alpha value is -1.07. The molecule has 0 amide bonds. The minimum Gasteiger partial charge on any atom is -0.496 e. The summed E-state index contributed by atoms with van der Waals surface area (Å²) in [4.78, 5) is 0. The Morgan fingerprint density at radius 1 is 1.16 bits per heavy atom. The molecular formula is C14H12Br2FNO. The minimum absolute atomic E-state index is 0.266. The molecule has 0 radical (unpaired) electrons. The topological polar surface area (TPSA) is 21.3 Å². The van der Waals surface area contributed by atoms with Crippen molar-refractivity contribution in [3.05, 3.63) is 56.7 Å². The lowest BCUT2D eigenvalue weighted by Gasteiger charge is -2.12. The number of rotatable bonds is 4. The third-order valence-corrected chi connectivity index (χ3v) is 3.79. The van der Waals surface area contributed by atoms with Crippen LogP contribution in [-0.2, 0) is 6.54 Å². The van der Waals surface area contributed by atoms with Crippen molar-refractivity contribution in [2.75, 3.05) is 12.4 Å². The molecule has 0 saturated carbocycles. The van der Waals surface area contributed by atoms with Crippen molar-refractivity contribution in [1.29, 1.82) is 0 Å². The summed E-state index contributed by atoms with van der Waals surface area (Å²) in [6.07, 6.45) is 0. The molecule has 100 valence electrons. The maximum absolute atomic E-state index is 13.0. The van der Waals surface area contributed by atoms with Crippen molar-refractivity contribution in [2.24, 2.45) is 0 Å². The van der Waals surface area contributed by atoms with Gasteiger partial charge in [0.05, 0.1) is 7.11 Å². The Kier molecular flexibility index (Phi) is 4.82. The van der Waals surface area contributed by atoms with Gasteiger partial charge in [-0.2, -0.15) is 0 Å². The van der Waals surface area contributed by atoms with Crippen molar-refractivity contribution in [2.45, 2.75) is 6.54 Å². The smallest absolute Gasteiger partial charge is 0.124 e. The minimum atomic E-state index is -0.266. The van der Waals surface area contributed by atoms with Gasteiger partial charge in [0.1, 0.15) is 11.6 Å². The van der Waals surface area contributed by atoms with Crippen LogP contribution in [0.15, 0.2) is 45.3 Å². The van der Waals surface area contributed by atoms with Crippen LogP contribution >= 0.6 is 31.9 Å². The van der Waals surface area contributed by atoms with Crippen LogP contribution < -0.4 is 10.1 Å². The summed E-state index contributed by atoms with van der Waals surface area (Å²) in [5, 5.41) is 3.24. The van der Waals surface area contributed by atoms with Crippen molar-refractivity contribution >= 4 is 37.5 Å². The molecule has 2 aromatic carbocycles. The molecule has 5 heteroatoms. The highest BCUT2D eigenvalue weighted by atomic mass is 79.9. The summed E-state index contributed by atoms with van der Waals surface area (Å²) < 4.78 is 20.0. The van der Waals surface area contributed by atoms with E-state index >= 15 is 0 Å². The predicted octanol–water partition coefficient (Wildman–Crippen LogP) is 4.97. The highest BCUT2D eigenvalue weighted by Gasteiger charge is 2.05. The van der Waals surface area contributed by atoms with Gasteiger partial charge in [-0.05, 0) is 52.3 Å². The van der Waals surface area contributed by atoms with E-state index in [1.807, 2.05) is 18.2 Å². The lowest BCUT2D eigenvalue weighted by atomic mass is 10.2. The van der Waals surface area contributed by atoms with Crippen LogP contribution in [0.4, 0.5) is 10.1 Å². The van der Waals surface area contributed by atoms with Gasteiger partial charge in [0.15, 0.2) is 0 Å². The number of hydrogen-bond acceptors (Lipinski definition) is 2. The highest BCUT2D eigenvalue weighted by molar-refractivity contribution is 9.10. The molecule has 0 aliphatic carbocycles. The van der Waals surface area contributed by atoms with Crippen LogP contribution in [0.1, 0.15) is 5.56 Å². The van der Waals surface area contributed by atoms with Gasteiger partial charge in [0.2, 0.25) is 0 Å². The first-order chi connectivity index (χ1) is 9.10. The first kappa shape index (κ1) is 14.3. The molecule has 1 N–H and O–H groups in total. The molecule has 0 aromatic heterocycles. The largest absolute Gasteiger partial charge is 0.496 e. The third-order valence-electron chi connectivity index (χ3n) is 2.64. The molecule has 0 bridgehead atoms. The summed E-state index contributed by atoms with van der Waals surface area (Å²) in [5.74, 6) is 0.548. The van der Waals surface area contributed by atoms with Crippen molar-refractivity contribution in [3.8, 4) is 5.75 Å². The quantitative estimate of drug-likeness (QED) is 0.798. The fraction of sp³-hybridized carbons (Fsp3) is 0.143. The van der Waals surface area contributed by atoms with E-state index in [0.29, 0.717) is 11.0 Å². The zero-order chi connectivity index (χ0) is 13.8. The lowest BCUT2D eigenvalue weighted by Crippen LogP contribution is -2.02. The van der Waals surface area contributed by atoms with E-state index in [0.717, 1.165) is 21.5 Å². The van der Waals surface area contributed by atoms with Gasteiger partial charge in [-0.15, -0.1) is 0 Å². The summed E-state index contributed by atoms with van der Waals surface area (Å²) in [6.45, 7) is 0.590. The fourth-order valence-corrected chi connectivity index (χ4v) is 2.61. The Labute approximate surface area is 128 Å². The van der Waals surface area contributed by atoms with Crippen LogP contribution in [0.3, 0.4) is 0 Å². The standard InChI is InChI=1S/C14H12Br2FNO/c1-19-14-5-2-10(15)6-9(14)8-18-13-4-3-11(17)7-12(13)16/h2-7,18H,8H2,1H3. The van der Waals surface area contributed by atoms with Gasteiger partial charge in [-0.1, -0.05) is 15.9 Å². The first-order valence-corrected chi connectivity index (χ1v) is 7.20. The lowest BCUT2D eigenvalue weighted by molar-refractivity contribution is 0.410. The van der Waals surface area contributed by atoms with Gasteiger partial charge in [-0.3, -0.25) is 0 Å². The van der Waals surface area contributed by atoms with E-state index in [2.05, 4.69) is 37.2 Å². The van der Waals surface area contributed by atoms with Crippen LogP contribution in [0.25, 0.3) is 0 Å². The molecule has 0 aliphatic heterocycles. The third kappa shape index (κ3) is 3.70. The molecule has 0 saturated heterocycles. The Morgan fingerprint density at radius 3 is 2.63 bits per heavy atom. The number of halogens is 3. The normalized spacial score (nSPS) is 10.3. The van der Waals surface area contributed by atoms with Crippen LogP contribution in [0, 0.1) is 5.82 Å². The van der Waals surface area contributed by atoms with Gasteiger partial charge in [-0.25, -0.2) is 4.39 Å². The molecule has 0 fully saturated rings. The first-order valence-electron chi connectivity index (χ1n) is 5.61. The van der Waals surface area contributed by atoms with Crippen LogP contribution in [0.5, 0.6) is 5.75 Å². The van der Waals surface area contributed by atoms with Crippen molar-refractivity contribution in [1.82, 2.24) is 0 Å². The molecule has 19 heavy (non-hydrogen) atoms. The number of anilines is 1. The Balaban J connectivity index is 2.16. The van der Waals surface area contributed by atoms with Gasteiger partial charge < -0.3 is 10.1 Å². The van der Waals surface area contributed by atoms with E-state index in [9.17, 15) is 4.39 Å². The molecule has 0 heterocycles. The monoisotopic (exact) mass is 387 g/mol. The molecular weight excluding hydrogens is 377 g/mol. The molecule has 0 aliphatic rings. The summed E-state index contributed by atoms with van der Waals surface area (Å²) in [6, 6.07) is 10.4. The van der Waals surface area contributed by atoms with E-state index in [1.54, 1.807) is 13.2 Å². The van der Waals surface area contributed by atoms with Gasteiger partial charge in [0, 0.05) is 26.7 Å². The maximum Gasteiger partial charge on any atom is 0.124 e. The van der Waals surface area contributed by atoms with Crippen LogP contribution in [-0.4, -0.2) is 7.11 Å². The molecule has 0 atom stereocenters. The zero-order valence-electron chi connectivity index (χ0n) is 10.2. The van der Waals surface area contributed by atoms with E-state index < -0.39 is 0 Å². The highest BCUT2D eigenvalue weighted by Crippen LogP contribution is 2.27. The molecule has 2 aromatic rings. The molecule has 0 unspecified atom stereocenters. The number of ether oxygens (including phenoxy) is 1. The second-order valence-corrected chi connectivity index (χ2v) is 5.70. The summed E-state index contributed by atoms with van der Waals surface area (Å²) in [7, 11) is 1.64. The molecule has 2 nitrogen and oxygen atoms in total. The number of hydrogen-bond donors (Lipinski definition) is 1. The van der Waals surface area contributed by atoms with Crippen molar-refractivity contribution < 1.29 is 9.13 Å². The number of nitrogens with one attached hydrogen (secondary N) is 1. The van der Waals surface area contributed by atoms with E-state index in [1.165, 1.54) is 12.1 Å². The average Bonchev–Trinajstić information content (AvgIpc) is 2.38. The SMILES string of the molecule is COc1ccc(Br)cc1CNc1ccc(F)cc1Br. The second kappa shape index (κ2) is 6.39. The fourth-order valence-electron chi connectivity index (χ4n) is 1.71. The summed E-state index contributed by atoms with van der Waals surface area (Å²) in [5.41, 5.74) is 1.86. The van der Waals surface area contributed by atoms with Gasteiger partial charge >= 0.3 is 0 Å². The van der Waals surface area contributed by atoms with E-state index in [4.69, 9.17) is 4.74 Å². The average molecular weight is 389 g/mol. The van der Waals surface area contributed by atoms with Gasteiger partial charge in [0.25, 0.3) is 0 Å². The van der Waals surface area contributed by atoms with Crippen LogP contribution in [0.2, 0.25) is 0 Å². The Morgan fingerprint density at radius 2 is 1.95 bits per heavy atom. The number of methoxy groups -OCH3 is 1. The Bertz CT molecular complexity index is 590. The van der Waals surface area contributed by atoms with E-state index in [-0.39, 0.29) is 5.82 Å². The van der Waals surface area contributed by atoms with Crippen molar-refractivity contribution in [3.63, 3.8) is 0 Å². The summed E-state index contributed by atoms with van der Waals surface area (Å²) >= 11 is 6.76. The second-order valence-electron chi connectivity index (χ2n) is 3.93.